The molecular formula is C24H28ClN3O3S. The van der Waals surface area contributed by atoms with Gasteiger partial charge in [0, 0.05) is 54.5 Å². The molecule has 0 N–H and O–H groups in total. The molecule has 2 fully saturated rings. The fraction of sp³-hybridized carbons (Fsp3) is 0.458. The highest BCUT2D eigenvalue weighted by Crippen LogP contribution is 2.38. The number of nitrogens with zero attached hydrogens (tertiary/aromatic N) is 3. The number of halogens is 1. The van der Waals surface area contributed by atoms with Crippen molar-refractivity contribution in [3.05, 3.63) is 53.1 Å². The van der Waals surface area contributed by atoms with Gasteiger partial charge in [-0.05, 0) is 74.2 Å². The summed E-state index contributed by atoms with van der Waals surface area (Å²) in [6, 6.07) is 13.0. The minimum atomic E-state index is -3.58. The van der Waals surface area contributed by atoms with E-state index in [0.717, 1.165) is 36.2 Å². The summed E-state index contributed by atoms with van der Waals surface area (Å²) in [7, 11) is -3.58. The SMILES string of the molecule is C[C@H]1Cc2cc(S(=O)(=O)N3CCN(c4ccc(Cl)cc4)CC3)ccc2N1C(=O)C1CCC1. The van der Waals surface area contributed by atoms with Crippen LogP contribution in [0.1, 0.15) is 31.7 Å². The van der Waals surface area contributed by atoms with Crippen LogP contribution in [0.4, 0.5) is 11.4 Å². The normalized spacial score (nSPS) is 22.0. The molecule has 0 bridgehead atoms. The Hall–Kier alpha value is -2.09. The van der Waals surface area contributed by atoms with E-state index in [1.807, 2.05) is 42.2 Å². The van der Waals surface area contributed by atoms with Gasteiger partial charge in [-0.3, -0.25) is 4.79 Å². The van der Waals surface area contributed by atoms with Crippen molar-refractivity contribution >= 4 is 38.9 Å². The van der Waals surface area contributed by atoms with E-state index in [9.17, 15) is 13.2 Å². The number of anilines is 2. The molecule has 2 aromatic carbocycles. The van der Waals surface area contributed by atoms with Crippen molar-refractivity contribution in [3.8, 4) is 0 Å². The zero-order valence-corrected chi connectivity index (χ0v) is 19.8. The zero-order valence-electron chi connectivity index (χ0n) is 18.2. The van der Waals surface area contributed by atoms with E-state index in [0.29, 0.717) is 42.5 Å². The van der Waals surface area contributed by atoms with E-state index in [-0.39, 0.29) is 17.9 Å². The lowest BCUT2D eigenvalue weighted by atomic mass is 9.84. The summed E-state index contributed by atoms with van der Waals surface area (Å²) in [6.07, 6.45) is 3.74. The molecule has 0 radical (unpaired) electrons. The quantitative estimate of drug-likeness (QED) is 0.675. The number of piperazine rings is 1. The lowest BCUT2D eigenvalue weighted by molar-refractivity contribution is -0.125. The Kier molecular flexibility index (Phi) is 5.68. The molecule has 3 aliphatic rings. The number of carbonyl (C=O) groups excluding carboxylic acids is 1. The lowest BCUT2D eigenvalue weighted by Gasteiger charge is -2.35. The molecule has 0 aromatic heterocycles. The van der Waals surface area contributed by atoms with Gasteiger partial charge in [0.05, 0.1) is 4.90 Å². The number of carbonyl (C=O) groups is 1. The van der Waals surface area contributed by atoms with E-state index in [1.165, 1.54) is 0 Å². The molecule has 0 unspecified atom stereocenters. The predicted octanol–water partition coefficient (Wildman–Crippen LogP) is 3.93. The van der Waals surface area contributed by atoms with Crippen molar-refractivity contribution in [2.24, 2.45) is 5.92 Å². The molecule has 1 saturated heterocycles. The standard InChI is InChI=1S/C24H28ClN3O3S/c1-17-15-19-16-22(9-10-23(19)28(17)24(29)18-3-2-4-18)32(30,31)27-13-11-26(12-14-27)21-7-5-20(25)6-8-21/h5-10,16-18H,2-4,11-15H2,1H3/t17-/m0/s1. The topological polar surface area (TPSA) is 60.9 Å². The number of rotatable bonds is 4. The summed E-state index contributed by atoms with van der Waals surface area (Å²) in [5.41, 5.74) is 2.88. The number of sulfonamides is 1. The molecule has 2 aromatic rings. The van der Waals surface area contributed by atoms with Gasteiger partial charge >= 0.3 is 0 Å². The first-order chi connectivity index (χ1) is 15.3. The molecule has 2 heterocycles. The Morgan fingerprint density at radius 3 is 2.31 bits per heavy atom. The fourth-order valence-corrected chi connectivity index (χ4v) is 6.54. The van der Waals surface area contributed by atoms with Crippen LogP contribution in [0.2, 0.25) is 5.02 Å². The first kappa shape index (κ1) is 21.7. The van der Waals surface area contributed by atoms with Crippen molar-refractivity contribution in [2.45, 2.75) is 43.5 Å². The van der Waals surface area contributed by atoms with Crippen molar-refractivity contribution in [1.29, 1.82) is 0 Å². The second-order valence-corrected chi connectivity index (χ2v) is 11.4. The first-order valence-corrected chi connectivity index (χ1v) is 13.1. The van der Waals surface area contributed by atoms with Gasteiger partial charge in [-0.15, -0.1) is 0 Å². The van der Waals surface area contributed by atoms with E-state index in [4.69, 9.17) is 11.6 Å². The highest BCUT2D eigenvalue weighted by atomic mass is 35.5. The van der Waals surface area contributed by atoms with Crippen LogP contribution in [-0.4, -0.2) is 50.9 Å². The molecule has 1 amide bonds. The minimum Gasteiger partial charge on any atom is -0.369 e. The van der Waals surface area contributed by atoms with E-state index >= 15 is 0 Å². The Balaban J connectivity index is 1.31. The maximum Gasteiger partial charge on any atom is 0.243 e. The second-order valence-electron chi connectivity index (χ2n) is 9.05. The summed E-state index contributed by atoms with van der Waals surface area (Å²) in [5, 5.41) is 0.689. The number of hydrogen-bond acceptors (Lipinski definition) is 4. The maximum absolute atomic E-state index is 13.3. The van der Waals surface area contributed by atoms with Gasteiger partial charge in [0.15, 0.2) is 0 Å². The van der Waals surface area contributed by atoms with Gasteiger partial charge in [0.2, 0.25) is 15.9 Å². The molecule has 8 heteroatoms. The summed E-state index contributed by atoms with van der Waals surface area (Å²) < 4.78 is 28.3. The van der Waals surface area contributed by atoms with Crippen molar-refractivity contribution in [2.75, 3.05) is 36.0 Å². The Morgan fingerprint density at radius 1 is 1.00 bits per heavy atom. The summed E-state index contributed by atoms with van der Waals surface area (Å²) >= 11 is 5.97. The predicted molar refractivity (Wildman–Crippen MR) is 127 cm³/mol. The van der Waals surface area contributed by atoms with E-state index in [2.05, 4.69) is 4.90 Å². The Labute approximate surface area is 194 Å². The van der Waals surface area contributed by atoms with E-state index in [1.54, 1.807) is 16.4 Å². The van der Waals surface area contributed by atoms with Crippen LogP contribution in [-0.2, 0) is 21.2 Å². The molecule has 1 aliphatic carbocycles. The molecule has 5 rings (SSSR count). The van der Waals surface area contributed by atoms with Gasteiger partial charge in [-0.2, -0.15) is 4.31 Å². The maximum atomic E-state index is 13.3. The Morgan fingerprint density at radius 2 is 1.69 bits per heavy atom. The largest absolute Gasteiger partial charge is 0.369 e. The highest BCUT2D eigenvalue weighted by Gasteiger charge is 2.38. The molecule has 6 nitrogen and oxygen atoms in total. The third kappa shape index (κ3) is 3.80. The van der Waals surface area contributed by atoms with Crippen molar-refractivity contribution in [3.63, 3.8) is 0 Å². The molecule has 0 spiro atoms. The van der Waals surface area contributed by atoms with Crippen molar-refractivity contribution in [1.82, 2.24) is 4.31 Å². The van der Waals surface area contributed by atoms with Crippen LogP contribution in [0.15, 0.2) is 47.4 Å². The molecule has 2 aliphatic heterocycles. The molecule has 170 valence electrons. The average Bonchev–Trinajstić information content (AvgIpc) is 3.08. The van der Waals surface area contributed by atoms with Crippen LogP contribution in [0.5, 0.6) is 0 Å². The summed E-state index contributed by atoms with van der Waals surface area (Å²) in [6.45, 7) is 4.18. The van der Waals surface area contributed by atoms with Crippen LogP contribution in [0.3, 0.4) is 0 Å². The smallest absolute Gasteiger partial charge is 0.243 e. The average molecular weight is 474 g/mol. The van der Waals surface area contributed by atoms with Gasteiger partial charge in [0.1, 0.15) is 0 Å². The second kappa shape index (κ2) is 8.36. The number of benzene rings is 2. The van der Waals surface area contributed by atoms with Gasteiger partial charge in [0.25, 0.3) is 0 Å². The monoisotopic (exact) mass is 473 g/mol. The zero-order chi connectivity index (χ0) is 22.5. The Bertz CT molecular complexity index is 1120. The lowest BCUT2D eigenvalue weighted by Crippen LogP contribution is -2.48. The van der Waals surface area contributed by atoms with Crippen LogP contribution in [0, 0.1) is 5.92 Å². The number of fused-ring (bicyclic) bond motifs is 1. The third-order valence-electron chi connectivity index (χ3n) is 7.03. The van der Waals surface area contributed by atoms with Crippen molar-refractivity contribution < 1.29 is 13.2 Å². The molecule has 1 atom stereocenters. The van der Waals surface area contributed by atoms with Crippen LogP contribution in [0.25, 0.3) is 0 Å². The van der Waals surface area contributed by atoms with Crippen LogP contribution < -0.4 is 9.80 Å². The summed E-state index contributed by atoms with van der Waals surface area (Å²) in [5.74, 6) is 0.320. The van der Waals surface area contributed by atoms with E-state index < -0.39 is 10.0 Å². The van der Waals surface area contributed by atoms with Gasteiger partial charge in [-0.25, -0.2) is 8.42 Å². The first-order valence-electron chi connectivity index (χ1n) is 11.3. The molecule has 1 saturated carbocycles. The minimum absolute atomic E-state index is 0.0685. The number of hydrogen-bond donors (Lipinski definition) is 0. The summed E-state index contributed by atoms with van der Waals surface area (Å²) in [4.78, 5) is 17.3. The third-order valence-corrected chi connectivity index (χ3v) is 9.17. The van der Waals surface area contributed by atoms with Gasteiger partial charge in [-0.1, -0.05) is 18.0 Å². The van der Waals surface area contributed by atoms with Gasteiger partial charge < -0.3 is 9.80 Å². The van der Waals surface area contributed by atoms with Crippen LogP contribution >= 0.6 is 11.6 Å². The fourth-order valence-electron chi connectivity index (χ4n) is 4.94. The number of amides is 1. The molecular weight excluding hydrogens is 446 g/mol. The molecule has 32 heavy (non-hydrogen) atoms. The highest BCUT2D eigenvalue weighted by molar-refractivity contribution is 7.89.